The Bertz CT molecular complexity index is 676. The summed E-state index contributed by atoms with van der Waals surface area (Å²) in [5.41, 5.74) is 7.18. The maximum absolute atomic E-state index is 12.0. The van der Waals surface area contributed by atoms with E-state index in [0.717, 1.165) is 11.2 Å². The van der Waals surface area contributed by atoms with Gasteiger partial charge in [-0.15, -0.1) is 0 Å². The molecule has 0 spiro atoms. The van der Waals surface area contributed by atoms with Crippen LogP contribution in [0.4, 0.5) is 5.69 Å². The quantitative estimate of drug-likeness (QED) is 0.902. The van der Waals surface area contributed by atoms with Crippen molar-refractivity contribution in [2.24, 2.45) is 5.73 Å². The van der Waals surface area contributed by atoms with E-state index in [2.05, 4.69) is 9.88 Å². The number of aromatic nitrogens is 1. The van der Waals surface area contributed by atoms with Crippen LogP contribution in [-0.4, -0.2) is 17.7 Å². The molecule has 3 rings (SSSR count). The van der Waals surface area contributed by atoms with Gasteiger partial charge < -0.3 is 15.6 Å². The van der Waals surface area contributed by atoms with Crippen LogP contribution in [0.15, 0.2) is 29.2 Å². The number of benzene rings is 1. The lowest BCUT2D eigenvalue weighted by atomic mass is 10.1. The lowest BCUT2D eigenvalue weighted by Crippen LogP contribution is -2.14. The second kappa shape index (κ2) is 4.87. The fourth-order valence-electron chi connectivity index (χ4n) is 2.31. The second-order valence-corrected chi connectivity index (χ2v) is 5.29. The first-order chi connectivity index (χ1) is 9.20. The molecule has 0 atom stereocenters. The SMILES string of the molecule is NCCNc1cc2c(=O)ccn(C3CC3)c2cc1Cl. The van der Waals surface area contributed by atoms with E-state index in [1.165, 1.54) is 12.8 Å². The standard InChI is InChI=1S/C14H16ClN3O/c15-11-8-13-10(7-12(11)17-5-4-16)14(19)3-6-18(13)9-1-2-9/h3,6-9,17H,1-2,4-5,16H2. The van der Waals surface area contributed by atoms with Crippen molar-refractivity contribution in [3.63, 3.8) is 0 Å². The summed E-state index contributed by atoms with van der Waals surface area (Å²) in [6.45, 7) is 1.16. The van der Waals surface area contributed by atoms with Gasteiger partial charge in [0.25, 0.3) is 0 Å². The van der Waals surface area contributed by atoms with Gasteiger partial charge in [-0.1, -0.05) is 11.6 Å². The first kappa shape index (κ1) is 12.5. The summed E-state index contributed by atoms with van der Waals surface area (Å²) < 4.78 is 2.15. The maximum atomic E-state index is 12.0. The molecule has 19 heavy (non-hydrogen) atoms. The number of nitrogens with one attached hydrogen (secondary N) is 1. The van der Waals surface area contributed by atoms with Gasteiger partial charge in [0, 0.05) is 36.8 Å². The zero-order valence-electron chi connectivity index (χ0n) is 10.5. The largest absolute Gasteiger partial charge is 0.383 e. The number of nitrogens with zero attached hydrogens (tertiary/aromatic N) is 1. The van der Waals surface area contributed by atoms with Gasteiger partial charge in [-0.3, -0.25) is 4.79 Å². The average Bonchev–Trinajstić information content (AvgIpc) is 3.21. The highest BCUT2D eigenvalue weighted by molar-refractivity contribution is 6.34. The van der Waals surface area contributed by atoms with Gasteiger partial charge in [-0.05, 0) is 25.0 Å². The van der Waals surface area contributed by atoms with Gasteiger partial charge in [-0.25, -0.2) is 0 Å². The van der Waals surface area contributed by atoms with Gasteiger partial charge in [0.2, 0.25) is 0 Å². The first-order valence-electron chi connectivity index (χ1n) is 6.49. The van der Waals surface area contributed by atoms with Crippen molar-refractivity contribution in [2.45, 2.75) is 18.9 Å². The molecule has 1 aromatic heterocycles. The molecule has 0 aliphatic heterocycles. The van der Waals surface area contributed by atoms with Crippen molar-refractivity contribution in [2.75, 3.05) is 18.4 Å². The second-order valence-electron chi connectivity index (χ2n) is 4.88. The number of nitrogens with two attached hydrogens (primary N) is 1. The number of anilines is 1. The van der Waals surface area contributed by atoms with E-state index < -0.39 is 0 Å². The first-order valence-corrected chi connectivity index (χ1v) is 6.87. The number of halogens is 1. The van der Waals surface area contributed by atoms with Gasteiger partial charge >= 0.3 is 0 Å². The molecule has 4 nitrogen and oxygen atoms in total. The van der Waals surface area contributed by atoms with E-state index in [1.54, 1.807) is 6.07 Å². The van der Waals surface area contributed by atoms with Gasteiger partial charge in [-0.2, -0.15) is 0 Å². The molecule has 100 valence electrons. The molecule has 0 radical (unpaired) electrons. The van der Waals surface area contributed by atoms with E-state index in [-0.39, 0.29) is 5.43 Å². The Kier molecular flexibility index (Phi) is 3.21. The number of hydrogen-bond acceptors (Lipinski definition) is 3. The number of fused-ring (bicyclic) bond motifs is 1. The van der Waals surface area contributed by atoms with Crippen molar-refractivity contribution < 1.29 is 0 Å². The number of rotatable bonds is 4. The molecular weight excluding hydrogens is 262 g/mol. The number of hydrogen-bond donors (Lipinski definition) is 2. The highest BCUT2D eigenvalue weighted by Crippen LogP contribution is 2.37. The van der Waals surface area contributed by atoms with E-state index in [0.29, 0.717) is 29.5 Å². The minimum atomic E-state index is 0.0272. The topological polar surface area (TPSA) is 60.0 Å². The summed E-state index contributed by atoms with van der Waals surface area (Å²) in [5.74, 6) is 0. The summed E-state index contributed by atoms with van der Waals surface area (Å²) >= 11 is 6.27. The third kappa shape index (κ3) is 2.33. The monoisotopic (exact) mass is 277 g/mol. The summed E-state index contributed by atoms with van der Waals surface area (Å²) in [6, 6.07) is 5.84. The van der Waals surface area contributed by atoms with Crippen LogP contribution in [0.2, 0.25) is 5.02 Å². The van der Waals surface area contributed by atoms with E-state index in [4.69, 9.17) is 17.3 Å². The van der Waals surface area contributed by atoms with Crippen LogP contribution in [0.1, 0.15) is 18.9 Å². The molecule has 3 N–H and O–H groups in total. The fraction of sp³-hybridized carbons (Fsp3) is 0.357. The van der Waals surface area contributed by atoms with Gasteiger partial charge in [0.05, 0.1) is 16.2 Å². The fourth-order valence-corrected chi connectivity index (χ4v) is 2.53. The van der Waals surface area contributed by atoms with E-state index >= 15 is 0 Å². The third-order valence-corrected chi connectivity index (χ3v) is 3.73. The Labute approximate surface area is 116 Å². The Balaban J connectivity index is 2.16. The highest BCUT2D eigenvalue weighted by atomic mass is 35.5. The highest BCUT2D eigenvalue weighted by Gasteiger charge is 2.24. The predicted molar refractivity (Wildman–Crippen MR) is 79.0 cm³/mol. The van der Waals surface area contributed by atoms with Crippen LogP contribution in [0, 0.1) is 0 Å². The Morgan fingerprint density at radius 2 is 2.21 bits per heavy atom. The van der Waals surface area contributed by atoms with Crippen molar-refractivity contribution in [1.29, 1.82) is 0 Å². The van der Waals surface area contributed by atoms with Crippen LogP contribution in [-0.2, 0) is 0 Å². The number of pyridine rings is 1. The zero-order valence-corrected chi connectivity index (χ0v) is 11.3. The minimum absolute atomic E-state index is 0.0272. The van der Waals surface area contributed by atoms with Crippen molar-refractivity contribution >= 4 is 28.2 Å². The molecule has 1 aromatic carbocycles. The summed E-state index contributed by atoms with van der Waals surface area (Å²) in [6.07, 6.45) is 4.21. The Morgan fingerprint density at radius 3 is 2.89 bits per heavy atom. The van der Waals surface area contributed by atoms with Gasteiger partial charge in [0.15, 0.2) is 5.43 Å². The van der Waals surface area contributed by atoms with E-state index in [1.807, 2.05) is 18.3 Å². The predicted octanol–water partition coefficient (Wildman–Crippen LogP) is 2.36. The Hall–Kier alpha value is -1.52. The van der Waals surface area contributed by atoms with Crippen LogP contribution >= 0.6 is 11.6 Å². The van der Waals surface area contributed by atoms with Crippen LogP contribution in [0.3, 0.4) is 0 Å². The average molecular weight is 278 g/mol. The van der Waals surface area contributed by atoms with E-state index in [9.17, 15) is 4.79 Å². The van der Waals surface area contributed by atoms with Crippen molar-refractivity contribution in [3.8, 4) is 0 Å². The zero-order chi connectivity index (χ0) is 13.4. The molecule has 1 aliphatic carbocycles. The summed E-state index contributed by atoms with van der Waals surface area (Å²) in [7, 11) is 0. The third-order valence-electron chi connectivity index (χ3n) is 3.42. The molecule has 5 heteroatoms. The molecule has 1 aliphatic rings. The molecule has 2 aromatic rings. The lowest BCUT2D eigenvalue weighted by molar-refractivity contribution is 0.766. The molecular formula is C14H16ClN3O. The van der Waals surface area contributed by atoms with Gasteiger partial charge in [0.1, 0.15) is 0 Å². The normalized spacial score (nSPS) is 14.8. The van der Waals surface area contributed by atoms with Crippen molar-refractivity contribution in [1.82, 2.24) is 4.57 Å². The summed E-state index contributed by atoms with van der Waals surface area (Å²) in [4.78, 5) is 12.0. The van der Waals surface area contributed by atoms with Crippen LogP contribution in [0.25, 0.3) is 10.9 Å². The molecule has 0 unspecified atom stereocenters. The summed E-state index contributed by atoms with van der Waals surface area (Å²) in [5, 5.41) is 4.47. The smallest absolute Gasteiger partial charge is 0.189 e. The molecule has 1 heterocycles. The lowest BCUT2D eigenvalue weighted by Gasteiger charge is -2.13. The van der Waals surface area contributed by atoms with Crippen LogP contribution in [0.5, 0.6) is 0 Å². The molecule has 0 saturated heterocycles. The molecule has 0 bridgehead atoms. The molecule has 1 saturated carbocycles. The van der Waals surface area contributed by atoms with Crippen LogP contribution < -0.4 is 16.5 Å². The minimum Gasteiger partial charge on any atom is -0.383 e. The Morgan fingerprint density at radius 1 is 1.42 bits per heavy atom. The van der Waals surface area contributed by atoms with Crippen molar-refractivity contribution in [3.05, 3.63) is 39.6 Å². The maximum Gasteiger partial charge on any atom is 0.189 e. The molecule has 0 amide bonds. The molecule has 1 fully saturated rings.